The van der Waals surface area contributed by atoms with E-state index in [-0.39, 0.29) is 10.9 Å². The second-order valence-corrected chi connectivity index (χ2v) is 3.54. The predicted molar refractivity (Wildman–Crippen MR) is 55.9 cm³/mol. The number of hydrogen-bond acceptors (Lipinski definition) is 1. The van der Waals surface area contributed by atoms with Crippen molar-refractivity contribution in [3.05, 3.63) is 47.5 Å². The van der Waals surface area contributed by atoms with Crippen molar-refractivity contribution in [3.8, 4) is 0 Å². The first-order valence-electron chi connectivity index (χ1n) is 4.73. The molecular weight excluding hydrogens is 233 g/mol. The Kier molecular flexibility index (Phi) is 2.53. The van der Waals surface area contributed by atoms with Crippen LogP contribution in [0.2, 0.25) is 0 Å². The van der Waals surface area contributed by atoms with E-state index in [1.54, 1.807) is 0 Å². The molecule has 1 N–H and O–H groups in total. The topological polar surface area (TPSA) is 37.3 Å². The molecule has 0 aliphatic carbocycles. The van der Waals surface area contributed by atoms with Crippen LogP contribution in [0.5, 0.6) is 0 Å². The molecule has 2 aromatic rings. The van der Waals surface area contributed by atoms with Gasteiger partial charge in [-0.15, -0.1) is 0 Å². The van der Waals surface area contributed by atoms with Crippen molar-refractivity contribution in [3.63, 3.8) is 0 Å². The van der Waals surface area contributed by atoms with Crippen molar-refractivity contribution >= 4 is 16.7 Å². The van der Waals surface area contributed by atoms with Crippen LogP contribution >= 0.6 is 0 Å². The molecule has 2 nitrogen and oxygen atoms in total. The van der Waals surface area contributed by atoms with Crippen LogP contribution < -0.4 is 0 Å². The van der Waals surface area contributed by atoms with Crippen LogP contribution in [0.3, 0.4) is 0 Å². The lowest BCUT2D eigenvalue weighted by atomic mass is 10.0. The summed E-state index contributed by atoms with van der Waals surface area (Å²) < 4.78 is 38.1. The highest BCUT2D eigenvalue weighted by Gasteiger charge is 2.32. The summed E-state index contributed by atoms with van der Waals surface area (Å²) in [4.78, 5) is 10.7. The zero-order valence-electron chi connectivity index (χ0n) is 8.45. The lowest BCUT2D eigenvalue weighted by Gasteiger charge is -2.10. The average Bonchev–Trinajstić information content (AvgIpc) is 2.26. The predicted octanol–water partition coefficient (Wildman–Crippen LogP) is 3.56. The Labute approximate surface area is 94.3 Å². The van der Waals surface area contributed by atoms with E-state index in [0.717, 1.165) is 12.1 Å². The van der Waals surface area contributed by atoms with E-state index < -0.39 is 17.7 Å². The van der Waals surface area contributed by atoms with Crippen LogP contribution in [-0.2, 0) is 6.18 Å². The molecule has 2 rings (SSSR count). The monoisotopic (exact) mass is 240 g/mol. The largest absolute Gasteiger partial charge is 0.478 e. The van der Waals surface area contributed by atoms with Gasteiger partial charge in [-0.3, -0.25) is 0 Å². The summed E-state index contributed by atoms with van der Waals surface area (Å²) in [6.07, 6.45) is -4.49. The van der Waals surface area contributed by atoms with Crippen LogP contribution in [0, 0.1) is 0 Å². The minimum Gasteiger partial charge on any atom is -0.478 e. The molecule has 17 heavy (non-hydrogen) atoms. The second kappa shape index (κ2) is 3.76. The zero-order valence-corrected chi connectivity index (χ0v) is 8.45. The maximum atomic E-state index is 12.7. The van der Waals surface area contributed by atoms with Gasteiger partial charge in [-0.05, 0) is 29.0 Å². The van der Waals surface area contributed by atoms with Gasteiger partial charge < -0.3 is 5.11 Å². The minimum atomic E-state index is -4.49. The molecular formula is C12H7F3O2. The van der Waals surface area contributed by atoms with Crippen LogP contribution in [-0.4, -0.2) is 11.1 Å². The van der Waals surface area contributed by atoms with Crippen molar-refractivity contribution < 1.29 is 23.1 Å². The fourth-order valence-corrected chi connectivity index (χ4v) is 1.65. The quantitative estimate of drug-likeness (QED) is 0.827. The average molecular weight is 240 g/mol. The number of aromatic carboxylic acids is 1. The number of fused-ring (bicyclic) bond motifs is 1. The van der Waals surface area contributed by atoms with Gasteiger partial charge in [0.05, 0.1) is 11.1 Å². The molecule has 0 bridgehead atoms. The number of alkyl halides is 3. The maximum Gasteiger partial charge on any atom is 0.417 e. The van der Waals surface area contributed by atoms with Gasteiger partial charge in [0.25, 0.3) is 0 Å². The van der Waals surface area contributed by atoms with E-state index in [4.69, 9.17) is 5.11 Å². The lowest BCUT2D eigenvalue weighted by Crippen LogP contribution is -2.06. The molecule has 0 saturated carbocycles. The van der Waals surface area contributed by atoms with Gasteiger partial charge in [-0.1, -0.05) is 18.2 Å². The summed E-state index contributed by atoms with van der Waals surface area (Å²) in [5, 5.41) is 9.02. The summed E-state index contributed by atoms with van der Waals surface area (Å²) in [6.45, 7) is 0. The molecule has 0 heterocycles. The first-order chi connectivity index (χ1) is 7.89. The molecule has 0 spiro atoms. The Bertz CT molecular complexity index is 588. The van der Waals surface area contributed by atoms with Gasteiger partial charge in [0, 0.05) is 0 Å². The van der Waals surface area contributed by atoms with Crippen molar-refractivity contribution in [2.45, 2.75) is 6.18 Å². The summed E-state index contributed by atoms with van der Waals surface area (Å²) >= 11 is 0. The Hall–Kier alpha value is -2.04. The molecule has 0 unspecified atom stereocenters. The van der Waals surface area contributed by atoms with E-state index in [9.17, 15) is 18.0 Å². The SMILES string of the molecule is O=C(O)c1ccc2cccc(C(F)(F)F)c2c1. The molecule has 2 aromatic carbocycles. The fraction of sp³-hybridized carbons (Fsp3) is 0.0833. The molecule has 0 fully saturated rings. The van der Waals surface area contributed by atoms with E-state index in [2.05, 4.69) is 0 Å². The second-order valence-electron chi connectivity index (χ2n) is 3.54. The molecule has 0 radical (unpaired) electrons. The van der Waals surface area contributed by atoms with Crippen molar-refractivity contribution in [2.24, 2.45) is 0 Å². The van der Waals surface area contributed by atoms with Crippen LogP contribution in [0.15, 0.2) is 36.4 Å². The molecule has 0 aromatic heterocycles. The van der Waals surface area contributed by atoms with Crippen molar-refractivity contribution in [1.82, 2.24) is 0 Å². The molecule has 0 aliphatic rings. The number of benzene rings is 2. The van der Waals surface area contributed by atoms with E-state index in [0.29, 0.717) is 5.39 Å². The van der Waals surface area contributed by atoms with E-state index >= 15 is 0 Å². The normalized spacial score (nSPS) is 11.7. The van der Waals surface area contributed by atoms with Crippen LogP contribution in [0.1, 0.15) is 15.9 Å². The van der Waals surface area contributed by atoms with Gasteiger partial charge in [-0.25, -0.2) is 4.79 Å². The first-order valence-corrected chi connectivity index (χ1v) is 4.73. The van der Waals surface area contributed by atoms with E-state index in [1.807, 2.05) is 0 Å². The number of carbonyl (C=O) groups is 1. The van der Waals surface area contributed by atoms with Crippen LogP contribution in [0.25, 0.3) is 10.8 Å². The highest BCUT2D eigenvalue weighted by molar-refractivity contribution is 5.95. The van der Waals surface area contributed by atoms with Gasteiger partial charge in [0.15, 0.2) is 0 Å². The van der Waals surface area contributed by atoms with Crippen molar-refractivity contribution in [1.29, 1.82) is 0 Å². The van der Waals surface area contributed by atoms with Crippen molar-refractivity contribution in [2.75, 3.05) is 0 Å². The number of carboxylic acid groups (broad SMARTS) is 1. The molecule has 88 valence electrons. The summed E-state index contributed by atoms with van der Waals surface area (Å²) in [6, 6.07) is 7.44. The standard InChI is InChI=1S/C12H7F3O2/c13-12(14,15)10-3-1-2-7-4-5-8(11(16)17)6-9(7)10/h1-6H,(H,16,17). The fourth-order valence-electron chi connectivity index (χ4n) is 1.65. The Morgan fingerprint density at radius 3 is 2.41 bits per heavy atom. The molecule has 0 amide bonds. The van der Waals surface area contributed by atoms with Gasteiger partial charge >= 0.3 is 12.1 Å². The van der Waals surface area contributed by atoms with E-state index in [1.165, 1.54) is 24.3 Å². The van der Waals surface area contributed by atoms with Crippen LogP contribution in [0.4, 0.5) is 13.2 Å². The zero-order chi connectivity index (χ0) is 12.6. The lowest BCUT2D eigenvalue weighted by molar-refractivity contribution is -0.136. The number of hydrogen-bond donors (Lipinski definition) is 1. The molecule has 0 atom stereocenters. The Balaban J connectivity index is 2.77. The third-order valence-corrected chi connectivity index (χ3v) is 2.43. The van der Waals surface area contributed by atoms with Gasteiger partial charge in [-0.2, -0.15) is 13.2 Å². The highest BCUT2D eigenvalue weighted by Crippen LogP contribution is 2.34. The number of halogens is 3. The summed E-state index contributed by atoms with van der Waals surface area (Å²) in [5.41, 5.74) is -0.979. The highest BCUT2D eigenvalue weighted by atomic mass is 19.4. The Morgan fingerprint density at radius 2 is 1.82 bits per heavy atom. The maximum absolute atomic E-state index is 12.7. The molecule has 0 saturated heterocycles. The Morgan fingerprint density at radius 1 is 1.12 bits per heavy atom. The first kappa shape index (κ1) is 11.4. The minimum absolute atomic E-state index is 0.0973. The molecule has 0 aliphatic heterocycles. The summed E-state index contributed by atoms with van der Waals surface area (Å²) in [5.74, 6) is -1.25. The summed E-state index contributed by atoms with van der Waals surface area (Å²) in [7, 11) is 0. The van der Waals surface area contributed by atoms with Gasteiger partial charge in [0.2, 0.25) is 0 Å². The smallest absolute Gasteiger partial charge is 0.417 e. The number of rotatable bonds is 1. The van der Waals surface area contributed by atoms with Gasteiger partial charge in [0.1, 0.15) is 0 Å². The number of carboxylic acids is 1. The third-order valence-electron chi connectivity index (χ3n) is 2.43. The molecule has 5 heteroatoms. The third kappa shape index (κ3) is 2.08.